The van der Waals surface area contributed by atoms with Crippen molar-refractivity contribution < 1.29 is 14.3 Å². The molecule has 0 aliphatic rings. The Morgan fingerprint density at radius 1 is 1.11 bits per heavy atom. The third-order valence-electron chi connectivity index (χ3n) is 4.16. The summed E-state index contributed by atoms with van der Waals surface area (Å²) >= 11 is 0. The van der Waals surface area contributed by atoms with Crippen LogP contribution in [0.4, 0.5) is 0 Å². The molecule has 1 aromatic carbocycles. The maximum atomic E-state index is 12.1. The first-order chi connectivity index (χ1) is 13.6. The Labute approximate surface area is 169 Å². The number of hydrogen-bond donors (Lipinski definition) is 3. The van der Waals surface area contributed by atoms with E-state index in [2.05, 4.69) is 27.9 Å². The second kappa shape index (κ2) is 14.9. The summed E-state index contributed by atoms with van der Waals surface area (Å²) in [4.78, 5) is 16.7. The third-order valence-corrected chi connectivity index (χ3v) is 4.16. The maximum absolute atomic E-state index is 12.1. The quantitative estimate of drug-likeness (QED) is 0.273. The molecule has 0 saturated carbocycles. The number of nitrogens with zero attached hydrogens (tertiary/aromatic N) is 1. The van der Waals surface area contributed by atoms with Gasteiger partial charge in [0.25, 0.3) is 5.91 Å². The highest BCUT2D eigenvalue weighted by Gasteiger charge is 2.08. The average molecular weight is 393 g/mol. The van der Waals surface area contributed by atoms with Crippen LogP contribution in [0, 0.1) is 0 Å². The number of amides is 1. The average Bonchev–Trinajstić information content (AvgIpc) is 2.71. The Morgan fingerprint density at radius 3 is 2.50 bits per heavy atom. The van der Waals surface area contributed by atoms with E-state index in [1.807, 2.05) is 38.1 Å². The molecular weight excluding hydrogens is 356 g/mol. The summed E-state index contributed by atoms with van der Waals surface area (Å²) in [6, 6.07) is 7.77. The number of methoxy groups -OCH3 is 1. The Balaban J connectivity index is 2.45. The zero-order chi connectivity index (χ0) is 20.6. The van der Waals surface area contributed by atoms with Crippen LogP contribution in [0.3, 0.4) is 0 Å². The number of benzene rings is 1. The lowest BCUT2D eigenvalue weighted by Gasteiger charge is -2.12. The van der Waals surface area contributed by atoms with E-state index in [0.717, 1.165) is 37.5 Å². The first-order valence-electron chi connectivity index (χ1n) is 10.1. The smallest absolute Gasteiger partial charge is 0.251 e. The Hall–Kier alpha value is -2.12. The van der Waals surface area contributed by atoms with E-state index < -0.39 is 0 Å². The Bertz CT molecular complexity index is 576. The molecule has 0 radical (unpaired) electrons. The van der Waals surface area contributed by atoms with Gasteiger partial charge < -0.3 is 25.4 Å². The molecular formula is C21H36N4O3. The van der Waals surface area contributed by atoms with Crippen molar-refractivity contribution in [2.24, 2.45) is 4.99 Å². The second-order valence-corrected chi connectivity index (χ2v) is 6.56. The summed E-state index contributed by atoms with van der Waals surface area (Å²) in [5.41, 5.74) is 1.73. The zero-order valence-electron chi connectivity index (χ0n) is 17.7. The lowest BCUT2D eigenvalue weighted by atomic mass is 10.1. The van der Waals surface area contributed by atoms with Crippen LogP contribution in [0.15, 0.2) is 29.3 Å². The number of ether oxygens (including phenoxy) is 2. The third kappa shape index (κ3) is 10.3. The fourth-order valence-corrected chi connectivity index (χ4v) is 2.31. The molecule has 0 fully saturated rings. The highest BCUT2D eigenvalue weighted by Crippen LogP contribution is 2.06. The van der Waals surface area contributed by atoms with Crippen molar-refractivity contribution >= 4 is 11.9 Å². The van der Waals surface area contributed by atoms with Gasteiger partial charge in [-0.2, -0.15) is 0 Å². The van der Waals surface area contributed by atoms with Crippen molar-refractivity contribution in [3.8, 4) is 0 Å². The van der Waals surface area contributed by atoms with E-state index in [-0.39, 0.29) is 11.9 Å². The van der Waals surface area contributed by atoms with Crippen LogP contribution in [0.25, 0.3) is 0 Å². The summed E-state index contributed by atoms with van der Waals surface area (Å²) in [7, 11) is 1.67. The topological polar surface area (TPSA) is 84.0 Å². The van der Waals surface area contributed by atoms with E-state index >= 15 is 0 Å². The number of hydrogen-bond acceptors (Lipinski definition) is 4. The molecule has 1 rings (SSSR count). The van der Waals surface area contributed by atoms with Gasteiger partial charge in [-0.05, 0) is 44.4 Å². The molecule has 3 N–H and O–H groups in total. The minimum absolute atomic E-state index is 0.0351. The maximum Gasteiger partial charge on any atom is 0.251 e. The SMILES string of the molecule is CCNC(=NCc1ccc(C(=O)NC(C)CC)cc1)NCCCOCCOC. The van der Waals surface area contributed by atoms with Gasteiger partial charge in [0, 0.05) is 38.4 Å². The van der Waals surface area contributed by atoms with E-state index in [1.54, 1.807) is 7.11 Å². The molecule has 1 atom stereocenters. The molecule has 1 amide bonds. The molecule has 7 heteroatoms. The van der Waals surface area contributed by atoms with E-state index in [1.165, 1.54) is 0 Å². The van der Waals surface area contributed by atoms with Gasteiger partial charge in [0.15, 0.2) is 5.96 Å². The molecule has 0 bridgehead atoms. The summed E-state index contributed by atoms with van der Waals surface area (Å²) in [5.74, 6) is 0.741. The van der Waals surface area contributed by atoms with Crippen LogP contribution in [0.5, 0.6) is 0 Å². The Kier molecular flexibility index (Phi) is 12.7. The van der Waals surface area contributed by atoms with E-state index in [9.17, 15) is 4.79 Å². The first-order valence-corrected chi connectivity index (χ1v) is 10.1. The van der Waals surface area contributed by atoms with Gasteiger partial charge in [-0.25, -0.2) is 4.99 Å². The fraction of sp³-hybridized carbons (Fsp3) is 0.619. The molecule has 28 heavy (non-hydrogen) atoms. The van der Waals surface area contributed by atoms with E-state index in [0.29, 0.717) is 31.9 Å². The van der Waals surface area contributed by atoms with Gasteiger partial charge in [-0.3, -0.25) is 4.79 Å². The first kappa shape index (κ1) is 23.9. The van der Waals surface area contributed by atoms with Crippen molar-refractivity contribution in [1.82, 2.24) is 16.0 Å². The van der Waals surface area contributed by atoms with Crippen molar-refractivity contribution in [2.75, 3.05) is 40.0 Å². The van der Waals surface area contributed by atoms with Crippen LogP contribution in [-0.2, 0) is 16.0 Å². The molecule has 7 nitrogen and oxygen atoms in total. The van der Waals surface area contributed by atoms with Crippen molar-refractivity contribution in [1.29, 1.82) is 0 Å². The largest absolute Gasteiger partial charge is 0.382 e. The van der Waals surface area contributed by atoms with Gasteiger partial charge in [0.05, 0.1) is 19.8 Å². The highest BCUT2D eigenvalue weighted by molar-refractivity contribution is 5.94. The zero-order valence-corrected chi connectivity index (χ0v) is 17.7. The van der Waals surface area contributed by atoms with Gasteiger partial charge in [-0.15, -0.1) is 0 Å². The fourth-order valence-electron chi connectivity index (χ4n) is 2.31. The molecule has 0 spiro atoms. The summed E-state index contributed by atoms with van der Waals surface area (Å²) in [6.45, 7) is 10.2. The number of rotatable bonds is 13. The predicted octanol–water partition coefficient (Wildman–Crippen LogP) is 2.32. The Morgan fingerprint density at radius 2 is 1.86 bits per heavy atom. The number of nitrogens with one attached hydrogen (secondary N) is 3. The summed E-state index contributed by atoms with van der Waals surface area (Å²) in [5, 5.41) is 9.51. The summed E-state index contributed by atoms with van der Waals surface area (Å²) in [6.07, 6.45) is 1.81. The number of carbonyl (C=O) groups is 1. The number of guanidine groups is 1. The molecule has 1 aromatic rings. The minimum atomic E-state index is -0.0351. The standard InChI is InChI=1S/C21H36N4O3/c1-5-17(3)25-20(26)19-10-8-18(9-11-19)16-24-21(22-6-2)23-12-7-13-28-15-14-27-4/h8-11,17H,5-7,12-16H2,1-4H3,(H,25,26)(H2,22,23,24). The van der Waals surface area contributed by atoms with Crippen LogP contribution < -0.4 is 16.0 Å². The number of carbonyl (C=O) groups excluding carboxylic acids is 1. The van der Waals surface area contributed by atoms with Gasteiger partial charge in [-0.1, -0.05) is 19.1 Å². The molecule has 0 aromatic heterocycles. The van der Waals surface area contributed by atoms with Crippen molar-refractivity contribution in [3.05, 3.63) is 35.4 Å². The van der Waals surface area contributed by atoms with E-state index in [4.69, 9.17) is 9.47 Å². The van der Waals surface area contributed by atoms with Crippen LogP contribution in [0.2, 0.25) is 0 Å². The predicted molar refractivity (Wildman–Crippen MR) is 114 cm³/mol. The molecule has 0 heterocycles. The second-order valence-electron chi connectivity index (χ2n) is 6.56. The molecule has 0 aliphatic heterocycles. The molecule has 0 saturated heterocycles. The van der Waals surface area contributed by atoms with Crippen molar-refractivity contribution in [2.45, 2.75) is 46.2 Å². The molecule has 0 aliphatic carbocycles. The van der Waals surface area contributed by atoms with Gasteiger partial charge in [0.2, 0.25) is 0 Å². The lowest BCUT2D eigenvalue weighted by Crippen LogP contribution is -2.38. The highest BCUT2D eigenvalue weighted by atomic mass is 16.5. The minimum Gasteiger partial charge on any atom is -0.382 e. The molecule has 158 valence electrons. The van der Waals surface area contributed by atoms with Gasteiger partial charge >= 0.3 is 0 Å². The van der Waals surface area contributed by atoms with Gasteiger partial charge in [0.1, 0.15) is 0 Å². The monoisotopic (exact) mass is 392 g/mol. The summed E-state index contributed by atoms with van der Waals surface area (Å²) < 4.78 is 10.4. The van der Waals surface area contributed by atoms with Crippen LogP contribution in [-0.4, -0.2) is 57.9 Å². The number of aliphatic imine (C=N–C) groups is 1. The normalized spacial score (nSPS) is 12.5. The van der Waals surface area contributed by atoms with Crippen LogP contribution in [0.1, 0.15) is 49.5 Å². The molecule has 1 unspecified atom stereocenters. The van der Waals surface area contributed by atoms with Crippen molar-refractivity contribution in [3.63, 3.8) is 0 Å². The van der Waals surface area contributed by atoms with Crippen LogP contribution >= 0.6 is 0 Å². The lowest BCUT2D eigenvalue weighted by molar-refractivity contribution is 0.0698.